The van der Waals surface area contributed by atoms with E-state index in [9.17, 15) is 9.59 Å². The zero-order valence-corrected chi connectivity index (χ0v) is 8.99. The van der Waals surface area contributed by atoms with Crippen LogP contribution in [-0.2, 0) is 4.74 Å². The molecule has 0 N–H and O–H groups in total. The molecule has 88 valence electrons. The normalized spacial score (nSPS) is 10.2. The van der Waals surface area contributed by atoms with E-state index in [0.717, 1.165) is 4.74 Å². The molecule has 17 heavy (non-hydrogen) atoms. The van der Waals surface area contributed by atoms with Crippen molar-refractivity contribution in [3.05, 3.63) is 40.6 Å². The van der Waals surface area contributed by atoms with Crippen LogP contribution in [0.3, 0.4) is 0 Å². The largest absolute Gasteiger partial charge is 0.462 e. The van der Waals surface area contributed by atoms with Gasteiger partial charge in [-0.3, -0.25) is 0 Å². The number of hydrogen-bond acceptors (Lipinski definition) is 6. The van der Waals surface area contributed by atoms with Gasteiger partial charge in [0.25, 0.3) is 5.95 Å². The van der Waals surface area contributed by atoms with Gasteiger partial charge in [0, 0.05) is 12.4 Å². The average molecular weight is 235 g/mol. The van der Waals surface area contributed by atoms with Crippen molar-refractivity contribution in [2.45, 2.75) is 6.92 Å². The second-order valence-corrected chi connectivity index (χ2v) is 3.02. The third-order valence-corrected chi connectivity index (χ3v) is 1.89. The number of hydrogen-bond donors (Lipinski definition) is 0. The fourth-order valence-electron chi connectivity index (χ4n) is 1.18. The lowest BCUT2D eigenvalue weighted by Gasteiger charge is -1.96. The Bertz CT molecular complexity index is 573. The molecule has 0 aromatic carbocycles. The molecule has 0 aliphatic carbocycles. The zero-order valence-electron chi connectivity index (χ0n) is 8.99. The zero-order chi connectivity index (χ0) is 12.3. The van der Waals surface area contributed by atoms with E-state index in [0.29, 0.717) is 0 Å². The minimum absolute atomic E-state index is 0.167. The Kier molecular flexibility index (Phi) is 2.99. The van der Waals surface area contributed by atoms with Gasteiger partial charge in [0.1, 0.15) is 0 Å². The maximum Gasteiger partial charge on any atom is 0.372 e. The predicted molar refractivity (Wildman–Crippen MR) is 55.9 cm³/mol. The van der Waals surface area contributed by atoms with Gasteiger partial charge in [0.05, 0.1) is 12.8 Å². The van der Waals surface area contributed by atoms with E-state index in [1.54, 1.807) is 13.0 Å². The number of nitrogens with zero attached hydrogens (tertiary/aromatic N) is 3. The predicted octanol–water partition coefficient (Wildman–Crippen LogP) is 0.397. The molecule has 0 unspecified atom stereocenters. The van der Waals surface area contributed by atoms with E-state index in [-0.39, 0.29) is 18.1 Å². The van der Waals surface area contributed by atoms with Gasteiger partial charge in [-0.05, 0) is 13.0 Å². The molecule has 2 aromatic heterocycles. The molecule has 0 atom stereocenters. The summed E-state index contributed by atoms with van der Waals surface area (Å²) in [7, 11) is 0. The summed E-state index contributed by atoms with van der Waals surface area (Å²) in [5.41, 5.74) is -0.963. The molecule has 0 saturated heterocycles. The first kappa shape index (κ1) is 11.1. The Labute approximate surface area is 95.6 Å². The average Bonchev–Trinajstić information content (AvgIpc) is 2.73. The van der Waals surface area contributed by atoms with Crippen LogP contribution in [0, 0.1) is 0 Å². The van der Waals surface area contributed by atoms with E-state index >= 15 is 0 Å². The topological polar surface area (TPSA) is 87.2 Å². The Morgan fingerprint density at radius 3 is 2.82 bits per heavy atom. The molecule has 2 heterocycles. The molecular formula is C10H9N3O4. The van der Waals surface area contributed by atoms with Gasteiger partial charge in [-0.2, -0.15) is 0 Å². The second-order valence-electron chi connectivity index (χ2n) is 3.02. The molecule has 7 nitrogen and oxygen atoms in total. The fraction of sp³-hybridized carbons (Fsp3) is 0.200. The molecule has 0 radical (unpaired) electrons. The van der Waals surface area contributed by atoms with Crippen LogP contribution in [0.4, 0.5) is 0 Å². The summed E-state index contributed by atoms with van der Waals surface area (Å²) >= 11 is 0. The Hall–Kier alpha value is -2.44. The lowest BCUT2D eigenvalue weighted by molar-refractivity contribution is 0.0523. The maximum absolute atomic E-state index is 11.4. The van der Waals surface area contributed by atoms with Crippen LogP contribution in [-0.4, -0.2) is 27.3 Å². The molecule has 7 heteroatoms. The SMILES string of the molecule is CCOC(=O)c1cn(-c2ncccn2)oc1=O. The van der Waals surface area contributed by atoms with Crippen molar-refractivity contribution in [1.82, 2.24) is 14.7 Å². The van der Waals surface area contributed by atoms with Gasteiger partial charge in [0.2, 0.25) is 0 Å². The van der Waals surface area contributed by atoms with Crippen LogP contribution in [0.15, 0.2) is 34.0 Å². The summed E-state index contributed by atoms with van der Waals surface area (Å²) in [4.78, 5) is 30.5. The van der Waals surface area contributed by atoms with Crippen LogP contribution in [0.5, 0.6) is 0 Å². The first-order valence-corrected chi connectivity index (χ1v) is 4.90. The van der Waals surface area contributed by atoms with Gasteiger partial charge in [-0.15, -0.1) is 4.74 Å². The maximum atomic E-state index is 11.4. The highest BCUT2D eigenvalue weighted by molar-refractivity contribution is 5.88. The summed E-state index contributed by atoms with van der Waals surface area (Å²) in [5, 5.41) is 0. The van der Waals surface area contributed by atoms with Crippen LogP contribution in [0.25, 0.3) is 5.95 Å². The van der Waals surface area contributed by atoms with Crippen LogP contribution in [0.2, 0.25) is 0 Å². The van der Waals surface area contributed by atoms with Gasteiger partial charge in [-0.25, -0.2) is 19.6 Å². The quantitative estimate of drug-likeness (QED) is 0.715. The van der Waals surface area contributed by atoms with Crippen molar-refractivity contribution in [2.24, 2.45) is 0 Å². The van der Waals surface area contributed by atoms with Crippen molar-refractivity contribution in [1.29, 1.82) is 0 Å². The first-order chi connectivity index (χ1) is 8.22. The highest BCUT2D eigenvalue weighted by atomic mass is 16.5. The van der Waals surface area contributed by atoms with Gasteiger partial charge in [0.15, 0.2) is 5.56 Å². The smallest absolute Gasteiger partial charge is 0.372 e. The lowest BCUT2D eigenvalue weighted by Crippen LogP contribution is -2.12. The molecular weight excluding hydrogens is 226 g/mol. The molecule has 0 aliphatic heterocycles. The number of esters is 1. The number of rotatable bonds is 3. The molecule has 0 fully saturated rings. The Morgan fingerprint density at radius 1 is 1.47 bits per heavy atom. The van der Waals surface area contributed by atoms with Crippen LogP contribution in [0.1, 0.15) is 17.3 Å². The van der Waals surface area contributed by atoms with Crippen LogP contribution >= 0.6 is 0 Å². The van der Waals surface area contributed by atoms with E-state index in [2.05, 4.69) is 9.97 Å². The van der Waals surface area contributed by atoms with Crippen molar-refractivity contribution in [2.75, 3.05) is 6.61 Å². The second kappa shape index (κ2) is 4.60. The van der Waals surface area contributed by atoms with E-state index in [1.807, 2.05) is 0 Å². The number of ether oxygens (including phenoxy) is 1. The Morgan fingerprint density at radius 2 is 2.18 bits per heavy atom. The highest BCUT2D eigenvalue weighted by Gasteiger charge is 2.17. The number of aromatic nitrogens is 3. The van der Waals surface area contributed by atoms with E-state index < -0.39 is 11.6 Å². The van der Waals surface area contributed by atoms with Crippen molar-refractivity contribution < 1.29 is 14.1 Å². The molecule has 0 saturated carbocycles. The number of carbonyl (C=O) groups excluding carboxylic acids is 1. The van der Waals surface area contributed by atoms with Crippen molar-refractivity contribution in [3.63, 3.8) is 0 Å². The number of carbonyl (C=O) groups is 1. The third kappa shape index (κ3) is 2.22. The molecule has 0 aliphatic rings. The lowest BCUT2D eigenvalue weighted by atomic mass is 10.4. The molecule has 0 spiro atoms. The molecule has 2 rings (SSSR count). The highest BCUT2D eigenvalue weighted by Crippen LogP contribution is 2.02. The van der Waals surface area contributed by atoms with Gasteiger partial charge < -0.3 is 9.26 Å². The minimum atomic E-state index is -0.782. The molecule has 0 bridgehead atoms. The van der Waals surface area contributed by atoms with E-state index in [4.69, 9.17) is 9.26 Å². The minimum Gasteiger partial charge on any atom is -0.462 e. The Balaban J connectivity index is 2.38. The van der Waals surface area contributed by atoms with Crippen molar-refractivity contribution >= 4 is 5.97 Å². The summed E-state index contributed by atoms with van der Waals surface area (Å²) in [6, 6.07) is 1.62. The fourth-order valence-corrected chi connectivity index (χ4v) is 1.18. The standard InChI is InChI=1S/C10H9N3O4/c1-2-16-8(14)7-6-13(17-9(7)15)10-11-4-3-5-12-10/h3-6H,2H2,1H3. The van der Waals surface area contributed by atoms with E-state index in [1.165, 1.54) is 18.6 Å². The van der Waals surface area contributed by atoms with Crippen LogP contribution < -0.4 is 5.63 Å². The summed E-state index contributed by atoms with van der Waals surface area (Å²) in [5.74, 6) is -0.559. The van der Waals surface area contributed by atoms with Gasteiger partial charge in [-0.1, -0.05) is 0 Å². The summed E-state index contributed by atoms with van der Waals surface area (Å²) in [6.07, 6.45) is 4.19. The molecule has 2 aromatic rings. The molecule has 0 amide bonds. The summed E-state index contributed by atoms with van der Waals surface area (Å²) in [6.45, 7) is 1.84. The summed E-state index contributed by atoms with van der Waals surface area (Å²) < 4.78 is 10.5. The monoisotopic (exact) mass is 235 g/mol. The first-order valence-electron chi connectivity index (χ1n) is 4.90. The van der Waals surface area contributed by atoms with Crippen molar-refractivity contribution in [3.8, 4) is 5.95 Å². The van der Waals surface area contributed by atoms with Gasteiger partial charge >= 0.3 is 11.6 Å². The third-order valence-electron chi connectivity index (χ3n) is 1.89.